The quantitative estimate of drug-likeness (QED) is 0.592. The number of nitrogens with one attached hydrogen (secondary N) is 2. The molecule has 28 heavy (non-hydrogen) atoms. The second-order valence-corrected chi connectivity index (χ2v) is 7.92. The Bertz CT molecular complexity index is 861. The smallest absolute Gasteiger partial charge is 0.262 e. The fourth-order valence-electron chi connectivity index (χ4n) is 2.70. The third-order valence-corrected chi connectivity index (χ3v) is 5.68. The first-order valence-corrected chi connectivity index (χ1v) is 10.6. The number of sulfonamides is 1. The van der Waals surface area contributed by atoms with Crippen molar-refractivity contribution in [3.8, 4) is 0 Å². The van der Waals surface area contributed by atoms with Crippen LogP contribution >= 0.6 is 0 Å². The molecular weight excluding hydrogens is 378 g/mol. The Morgan fingerprint density at radius 1 is 0.964 bits per heavy atom. The molecule has 2 aromatic rings. The van der Waals surface area contributed by atoms with Crippen molar-refractivity contribution < 1.29 is 18.0 Å². The van der Waals surface area contributed by atoms with Gasteiger partial charge in [0.2, 0.25) is 0 Å². The lowest BCUT2D eigenvalue weighted by Crippen LogP contribution is -2.24. The maximum atomic E-state index is 12.3. The van der Waals surface area contributed by atoms with Gasteiger partial charge in [0.05, 0.1) is 12.0 Å². The number of carbonyl (C=O) groups is 1. The van der Waals surface area contributed by atoms with Gasteiger partial charge in [-0.3, -0.25) is 14.5 Å². The fraction of sp³-hybridized carbons (Fsp3) is 0.350. The van der Waals surface area contributed by atoms with Crippen LogP contribution in [0, 0.1) is 0 Å². The second kappa shape index (κ2) is 10.3. The van der Waals surface area contributed by atoms with Crippen molar-refractivity contribution in [1.82, 2.24) is 15.1 Å². The van der Waals surface area contributed by atoms with E-state index in [1.807, 2.05) is 17.0 Å². The topological polar surface area (TPSA) is 87.7 Å². The van der Waals surface area contributed by atoms with Crippen LogP contribution in [0.5, 0.6) is 0 Å². The van der Waals surface area contributed by atoms with Crippen LogP contribution in [-0.4, -0.2) is 39.4 Å². The van der Waals surface area contributed by atoms with E-state index in [-0.39, 0.29) is 10.8 Å². The third-order valence-electron chi connectivity index (χ3n) is 4.40. The largest absolute Gasteiger partial charge is 0.348 e. The SMILES string of the molecule is CCN(CC)Cc1ccc(CNC(=O)c2ccc(S(=O)(=O)NOC)cc2)cc1. The third kappa shape index (κ3) is 6.13. The normalized spacial score (nSPS) is 11.6. The van der Waals surface area contributed by atoms with Crippen molar-refractivity contribution in [3.63, 3.8) is 0 Å². The van der Waals surface area contributed by atoms with Gasteiger partial charge in [0.1, 0.15) is 0 Å². The molecule has 0 aliphatic heterocycles. The summed E-state index contributed by atoms with van der Waals surface area (Å²) in [6.07, 6.45) is 0. The molecule has 0 radical (unpaired) electrons. The van der Waals surface area contributed by atoms with Gasteiger partial charge < -0.3 is 5.32 Å². The Labute approximate surface area is 166 Å². The van der Waals surface area contributed by atoms with Gasteiger partial charge in [-0.1, -0.05) is 43.0 Å². The minimum atomic E-state index is -3.73. The number of hydrogen-bond acceptors (Lipinski definition) is 5. The van der Waals surface area contributed by atoms with Crippen LogP contribution in [0.4, 0.5) is 0 Å². The molecule has 0 bridgehead atoms. The van der Waals surface area contributed by atoms with E-state index in [1.165, 1.54) is 36.9 Å². The van der Waals surface area contributed by atoms with Crippen molar-refractivity contribution in [2.24, 2.45) is 0 Å². The van der Waals surface area contributed by atoms with Gasteiger partial charge in [-0.15, -0.1) is 0 Å². The molecule has 2 aromatic carbocycles. The maximum Gasteiger partial charge on any atom is 0.262 e. The first kappa shape index (κ1) is 22.0. The van der Waals surface area contributed by atoms with Crippen LogP contribution in [0.2, 0.25) is 0 Å². The van der Waals surface area contributed by atoms with E-state index in [0.717, 1.165) is 25.2 Å². The zero-order valence-corrected chi connectivity index (χ0v) is 17.3. The highest BCUT2D eigenvalue weighted by Gasteiger charge is 2.14. The summed E-state index contributed by atoms with van der Waals surface area (Å²) in [6, 6.07) is 13.8. The summed E-state index contributed by atoms with van der Waals surface area (Å²) in [5.74, 6) is -0.268. The van der Waals surface area contributed by atoms with Crippen LogP contribution in [0.1, 0.15) is 35.3 Å². The lowest BCUT2D eigenvalue weighted by atomic mass is 10.1. The highest BCUT2D eigenvalue weighted by atomic mass is 32.2. The molecule has 0 spiro atoms. The van der Waals surface area contributed by atoms with Gasteiger partial charge in [-0.2, -0.15) is 0 Å². The van der Waals surface area contributed by atoms with Gasteiger partial charge in [-0.05, 0) is 48.5 Å². The predicted octanol–water partition coefficient (Wildman–Crippen LogP) is 2.30. The molecule has 7 nitrogen and oxygen atoms in total. The molecule has 0 fully saturated rings. The summed E-state index contributed by atoms with van der Waals surface area (Å²) in [4.78, 5) is 21.0. The Morgan fingerprint density at radius 3 is 2.07 bits per heavy atom. The van der Waals surface area contributed by atoms with E-state index in [0.29, 0.717) is 12.1 Å². The Morgan fingerprint density at radius 2 is 1.54 bits per heavy atom. The molecular formula is C20H27N3O4S. The summed E-state index contributed by atoms with van der Waals surface area (Å²) in [5.41, 5.74) is 2.62. The van der Waals surface area contributed by atoms with Crippen molar-refractivity contribution >= 4 is 15.9 Å². The summed E-state index contributed by atoms with van der Waals surface area (Å²) in [7, 11) is -2.51. The van der Waals surface area contributed by atoms with Crippen LogP contribution in [0.15, 0.2) is 53.4 Å². The Hall–Kier alpha value is -2.26. The van der Waals surface area contributed by atoms with Gasteiger partial charge >= 0.3 is 0 Å². The van der Waals surface area contributed by atoms with E-state index in [1.54, 1.807) is 0 Å². The molecule has 8 heteroatoms. The summed E-state index contributed by atoms with van der Waals surface area (Å²) in [5, 5.41) is 2.84. The zero-order chi connectivity index (χ0) is 20.6. The van der Waals surface area contributed by atoms with Crippen LogP contribution in [0.25, 0.3) is 0 Å². The van der Waals surface area contributed by atoms with Gasteiger partial charge in [-0.25, -0.2) is 8.42 Å². The average Bonchev–Trinajstić information content (AvgIpc) is 2.71. The van der Waals surface area contributed by atoms with Crippen LogP contribution in [-0.2, 0) is 28.0 Å². The lowest BCUT2D eigenvalue weighted by molar-refractivity contribution is 0.0951. The lowest BCUT2D eigenvalue weighted by Gasteiger charge is -2.18. The molecule has 0 aliphatic rings. The van der Waals surface area contributed by atoms with Crippen molar-refractivity contribution in [1.29, 1.82) is 0 Å². The highest BCUT2D eigenvalue weighted by Crippen LogP contribution is 2.11. The van der Waals surface area contributed by atoms with Crippen LogP contribution < -0.4 is 10.2 Å². The summed E-state index contributed by atoms with van der Waals surface area (Å²) in [6.45, 7) is 7.61. The monoisotopic (exact) mass is 405 g/mol. The summed E-state index contributed by atoms with van der Waals surface area (Å²) < 4.78 is 23.6. The molecule has 152 valence electrons. The molecule has 0 aromatic heterocycles. The number of amides is 1. The Kier molecular flexibility index (Phi) is 8.13. The summed E-state index contributed by atoms with van der Waals surface area (Å²) >= 11 is 0. The van der Waals surface area contributed by atoms with E-state index in [2.05, 4.69) is 41.0 Å². The minimum Gasteiger partial charge on any atom is -0.348 e. The Balaban J connectivity index is 1.93. The van der Waals surface area contributed by atoms with Gasteiger partial charge in [0.15, 0.2) is 0 Å². The van der Waals surface area contributed by atoms with E-state index < -0.39 is 10.0 Å². The van der Waals surface area contributed by atoms with Crippen LogP contribution in [0.3, 0.4) is 0 Å². The van der Waals surface area contributed by atoms with Crippen molar-refractivity contribution in [3.05, 3.63) is 65.2 Å². The molecule has 0 unspecified atom stereocenters. The number of rotatable bonds is 10. The number of nitrogens with zero attached hydrogens (tertiary/aromatic N) is 1. The predicted molar refractivity (Wildman–Crippen MR) is 108 cm³/mol. The van der Waals surface area contributed by atoms with E-state index in [4.69, 9.17) is 0 Å². The number of hydrogen-bond donors (Lipinski definition) is 2. The minimum absolute atomic E-state index is 0.0229. The van der Waals surface area contributed by atoms with E-state index >= 15 is 0 Å². The first-order chi connectivity index (χ1) is 13.4. The number of carbonyl (C=O) groups excluding carboxylic acids is 1. The molecule has 0 saturated carbocycles. The maximum absolute atomic E-state index is 12.3. The van der Waals surface area contributed by atoms with Gasteiger partial charge in [0, 0.05) is 18.7 Å². The molecule has 0 aliphatic carbocycles. The second-order valence-electron chi connectivity index (χ2n) is 6.28. The van der Waals surface area contributed by atoms with E-state index in [9.17, 15) is 13.2 Å². The highest BCUT2D eigenvalue weighted by molar-refractivity contribution is 7.89. The zero-order valence-electron chi connectivity index (χ0n) is 16.4. The molecule has 2 rings (SSSR count). The number of benzene rings is 2. The van der Waals surface area contributed by atoms with Crippen molar-refractivity contribution in [2.75, 3.05) is 20.2 Å². The first-order valence-electron chi connectivity index (χ1n) is 9.12. The molecule has 0 saturated heterocycles. The van der Waals surface area contributed by atoms with Gasteiger partial charge in [0.25, 0.3) is 15.9 Å². The van der Waals surface area contributed by atoms with Crippen molar-refractivity contribution in [2.45, 2.75) is 31.8 Å². The average molecular weight is 406 g/mol. The standard InChI is InChI=1S/C20H27N3O4S/c1-4-23(5-2)15-17-8-6-16(7-9-17)14-21-20(24)18-10-12-19(13-11-18)28(25,26)22-27-3/h6-13,22H,4-5,14-15H2,1-3H3,(H,21,24). The fourth-order valence-corrected chi connectivity index (χ4v) is 3.51. The molecule has 0 heterocycles. The molecule has 1 amide bonds. The molecule has 2 N–H and O–H groups in total. The molecule has 0 atom stereocenters.